The van der Waals surface area contributed by atoms with Gasteiger partial charge in [0.25, 0.3) is 0 Å². The molecule has 14 N–H and O–H groups in total. The second-order valence-electron chi connectivity index (χ2n) is 24.3. The maximum absolute atomic E-state index is 14.1. The summed E-state index contributed by atoms with van der Waals surface area (Å²) in [7, 11) is 0. The van der Waals surface area contributed by atoms with Crippen LogP contribution in [0.3, 0.4) is 0 Å². The molecule has 0 aromatic heterocycles. The number of ether oxygens (including phenoxy) is 5. The number of aliphatic hydroxyl groups is 2. The van der Waals surface area contributed by atoms with Crippen LogP contribution < -0.4 is 53.2 Å². The van der Waals surface area contributed by atoms with Gasteiger partial charge in [-0.25, -0.2) is 33.6 Å². The van der Waals surface area contributed by atoms with Crippen molar-refractivity contribution in [2.24, 2.45) is 0 Å². The van der Waals surface area contributed by atoms with Crippen molar-refractivity contribution < 1.29 is 106 Å². The number of nitrogens with zero attached hydrogens (tertiary/aromatic N) is 1. The summed E-state index contributed by atoms with van der Waals surface area (Å²) >= 11 is 0. The van der Waals surface area contributed by atoms with E-state index < -0.39 is 207 Å². The summed E-state index contributed by atoms with van der Waals surface area (Å²) in [5.74, 6) is -10.4. The Bertz CT molecular complexity index is 2430. The highest BCUT2D eigenvalue weighted by Crippen LogP contribution is 2.12. The molecule has 0 aliphatic rings. The van der Waals surface area contributed by atoms with Gasteiger partial charge in [-0.3, -0.25) is 33.7 Å². The van der Waals surface area contributed by atoms with Gasteiger partial charge in [0.2, 0.25) is 35.4 Å². The molecule has 0 heterocycles. The monoisotopic (exact) mass is 1270 g/mol. The minimum Gasteiger partial charge on any atom is -0.480 e. The number of benzene rings is 1. The number of carbonyl (C=O) groups excluding carboxylic acids is 11. The first kappa shape index (κ1) is 78.3. The number of carboxylic acid groups (broad SMARTS) is 2. The molecule has 0 unspecified atom stereocenters. The SMILES string of the molecule is C[C@@H](O)[C@H](NC(=O)[C@H](CCNC(=O)OC(C)(C)C)NC(=O)CN(CC(=O)N[C@@H](CCNC(=O)OC(C)(C)C)C(=O)N[C@H](C(=O)N[C@@H](CCNC(=O)OC(C)(C)C)C(=O)O)[C@@H](C)O)C(=O)OCc1ccccc1)C(=O)N[C@@H](CCNC(=O)OC(C)(C)C)C(=O)O. The lowest BCUT2D eigenvalue weighted by Gasteiger charge is -2.28. The van der Waals surface area contributed by atoms with Crippen LogP contribution in [0, 0.1) is 0 Å². The number of amides is 11. The van der Waals surface area contributed by atoms with E-state index in [-0.39, 0.29) is 13.1 Å². The number of alkyl carbamates (subject to hydrolysis) is 4. The Morgan fingerprint density at radius 3 is 0.989 bits per heavy atom. The molecule has 0 saturated heterocycles. The van der Waals surface area contributed by atoms with E-state index in [1.54, 1.807) is 113 Å². The molecule has 33 heteroatoms. The Balaban J connectivity index is 3.68. The van der Waals surface area contributed by atoms with E-state index in [0.717, 1.165) is 13.8 Å². The summed E-state index contributed by atoms with van der Waals surface area (Å²) < 4.78 is 26.2. The summed E-state index contributed by atoms with van der Waals surface area (Å²) in [6.45, 7) is 17.1. The molecule has 11 amide bonds. The highest BCUT2D eigenvalue weighted by atomic mass is 16.6. The summed E-state index contributed by atoms with van der Waals surface area (Å²) in [5.41, 5.74) is -3.28. The smallest absolute Gasteiger partial charge is 0.411 e. The first-order chi connectivity index (χ1) is 40.9. The van der Waals surface area contributed by atoms with Gasteiger partial charge < -0.3 is 97.3 Å². The maximum atomic E-state index is 14.1. The highest BCUT2D eigenvalue weighted by Gasteiger charge is 2.36. The van der Waals surface area contributed by atoms with Gasteiger partial charge in [0.05, 0.1) is 12.2 Å². The third-order valence-electron chi connectivity index (χ3n) is 11.2. The van der Waals surface area contributed by atoms with Crippen molar-refractivity contribution in [1.82, 2.24) is 58.1 Å². The largest absolute Gasteiger partial charge is 0.480 e. The lowest BCUT2D eigenvalue weighted by atomic mass is 10.1. The number of nitrogens with one attached hydrogen (secondary N) is 10. The Morgan fingerprint density at radius 2 is 0.719 bits per heavy atom. The number of hydrogen-bond acceptors (Lipinski definition) is 20. The second-order valence-corrected chi connectivity index (χ2v) is 24.3. The number of aliphatic hydroxyl groups excluding tert-OH is 2. The van der Waals surface area contributed by atoms with Gasteiger partial charge >= 0.3 is 42.4 Å². The average Bonchev–Trinajstić information content (AvgIpc) is 3.52. The van der Waals surface area contributed by atoms with E-state index in [1.807, 2.05) is 0 Å². The number of carboxylic acids is 2. The van der Waals surface area contributed by atoms with E-state index in [0.29, 0.717) is 10.5 Å². The minimum atomic E-state index is -1.91. The molecule has 1 rings (SSSR count). The fourth-order valence-electron chi connectivity index (χ4n) is 7.25. The van der Waals surface area contributed by atoms with E-state index in [4.69, 9.17) is 23.7 Å². The number of hydrogen-bond donors (Lipinski definition) is 14. The molecule has 502 valence electrons. The zero-order valence-electron chi connectivity index (χ0n) is 52.9. The van der Waals surface area contributed by atoms with Gasteiger partial charge in [-0.05, 0) is 128 Å². The fourth-order valence-corrected chi connectivity index (χ4v) is 7.25. The van der Waals surface area contributed by atoms with Crippen molar-refractivity contribution in [2.75, 3.05) is 39.3 Å². The Hall–Kier alpha value is -8.75. The van der Waals surface area contributed by atoms with E-state index >= 15 is 0 Å². The van der Waals surface area contributed by atoms with Crippen molar-refractivity contribution in [3.05, 3.63) is 35.9 Å². The predicted octanol–water partition coefficient (Wildman–Crippen LogP) is 0.124. The molecule has 0 aliphatic heterocycles. The second kappa shape index (κ2) is 36.5. The van der Waals surface area contributed by atoms with Crippen molar-refractivity contribution in [1.29, 1.82) is 0 Å². The third-order valence-corrected chi connectivity index (χ3v) is 11.2. The van der Waals surface area contributed by atoms with Crippen LogP contribution in [0.5, 0.6) is 0 Å². The van der Waals surface area contributed by atoms with Crippen LogP contribution in [0.25, 0.3) is 0 Å². The molecule has 33 nitrogen and oxygen atoms in total. The Kier molecular flexibility index (Phi) is 32.1. The van der Waals surface area contributed by atoms with E-state index in [1.165, 1.54) is 0 Å². The molecular weight excluding hydrogens is 1180 g/mol. The normalized spacial score (nSPS) is 14.2. The Labute approximate surface area is 516 Å². The zero-order chi connectivity index (χ0) is 68.2. The summed E-state index contributed by atoms with van der Waals surface area (Å²) in [5, 5.41) is 64.3. The number of aliphatic carboxylic acids is 2. The van der Waals surface area contributed by atoms with Crippen LogP contribution in [-0.4, -0.2) is 213 Å². The van der Waals surface area contributed by atoms with Gasteiger partial charge in [-0.15, -0.1) is 0 Å². The first-order valence-corrected chi connectivity index (χ1v) is 28.4. The lowest BCUT2D eigenvalue weighted by Crippen LogP contribution is -2.60. The molecular formula is C56H91N11O22. The quantitative estimate of drug-likeness (QED) is 0.0426. The molecule has 0 fully saturated rings. The van der Waals surface area contributed by atoms with Gasteiger partial charge in [-0.1, -0.05) is 30.3 Å². The number of rotatable bonds is 32. The molecule has 1 aromatic carbocycles. The molecule has 89 heavy (non-hydrogen) atoms. The molecule has 0 spiro atoms. The standard InChI is InChI=1S/C56H91N11O22/c1-31(68)40(44(74)63-36(46(76)77)22-26-59-50(82)88-55(9,10)11)65-42(72)34(20-24-57-48(80)86-53(3,4)5)61-38(70)28-67(52(84)85-30-33-18-16-15-17-19-33)29-39(71)62-35(21-25-58-49(81)87-54(6,7)8)43(73)66-41(32(2)69)45(75)64-37(47(78)79)23-27-60-51(83)89-56(12,13)14/h15-19,31-32,34-37,40-41,68-69H,20-30H2,1-14H3,(H,57,80)(H,58,81)(H,59,82)(H,60,83)(H,61,70)(H,62,71)(H,63,74)(H,64,75)(H,65,72)(H,66,73)(H,76,77)(H,78,79)/t31-,32-,34+,35+,36+,37+,40+,41+/m1/s1. The van der Waals surface area contributed by atoms with E-state index in [2.05, 4.69) is 53.2 Å². The van der Waals surface area contributed by atoms with Gasteiger partial charge in [0, 0.05) is 26.2 Å². The van der Waals surface area contributed by atoms with Crippen molar-refractivity contribution in [3.8, 4) is 0 Å². The van der Waals surface area contributed by atoms with Crippen molar-refractivity contribution >= 4 is 77.8 Å². The van der Waals surface area contributed by atoms with Crippen LogP contribution in [0.15, 0.2) is 30.3 Å². The number of carbonyl (C=O) groups is 13. The maximum Gasteiger partial charge on any atom is 0.411 e. The topological polar surface area (TPSA) is 473 Å². The van der Waals surface area contributed by atoms with Crippen LogP contribution >= 0.6 is 0 Å². The van der Waals surface area contributed by atoms with Gasteiger partial charge in [0.15, 0.2) is 0 Å². The predicted molar refractivity (Wildman–Crippen MR) is 314 cm³/mol. The summed E-state index contributed by atoms with van der Waals surface area (Å²) in [6.07, 6.45) is -10.2. The Morgan fingerprint density at radius 1 is 0.427 bits per heavy atom. The van der Waals surface area contributed by atoms with Crippen LogP contribution in [0.2, 0.25) is 0 Å². The third kappa shape index (κ3) is 35.0. The molecule has 1 aromatic rings. The van der Waals surface area contributed by atoms with Crippen LogP contribution in [0.4, 0.5) is 24.0 Å². The minimum absolute atomic E-state index is 0.304. The van der Waals surface area contributed by atoms with Crippen LogP contribution in [0.1, 0.15) is 128 Å². The van der Waals surface area contributed by atoms with Gasteiger partial charge in [0.1, 0.15) is 78.4 Å². The van der Waals surface area contributed by atoms with Crippen LogP contribution in [-0.2, 0) is 68.6 Å². The summed E-state index contributed by atoms with van der Waals surface area (Å²) in [4.78, 5) is 172. The van der Waals surface area contributed by atoms with E-state index in [9.17, 15) is 82.8 Å². The highest BCUT2D eigenvalue weighted by molar-refractivity contribution is 5.96. The zero-order valence-corrected chi connectivity index (χ0v) is 52.9. The average molecular weight is 1270 g/mol. The molecule has 0 radical (unpaired) electrons. The molecule has 0 aliphatic carbocycles. The van der Waals surface area contributed by atoms with Crippen molar-refractivity contribution in [3.63, 3.8) is 0 Å². The summed E-state index contributed by atoms with van der Waals surface area (Å²) in [6, 6.07) is -2.64. The lowest BCUT2D eigenvalue weighted by molar-refractivity contribution is -0.143. The van der Waals surface area contributed by atoms with Gasteiger partial charge in [-0.2, -0.15) is 0 Å². The molecule has 8 atom stereocenters. The van der Waals surface area contributed by atoms with Crippen molar-refractivity contribution in [2.45, 2.75) is 200 Å². The fraction of sp³-hybridized carbons (Fsp3) is 0.661. The molecule has 0 bridgehead atoms. The molecule has 0 saturated carbocycles. The first-order valence-electron chi connectivity index (χ1n) is 28.4.